The van der Waals surface area contributed by atoms with Gasteiger partial charge in [0.2, 0.25) is 9.76 Å². The van der Waals surface area contributed by atoms with Gasteiger partial charge in [-0.15, -0.1) is 0 Å². The minimum atomic E-state index is -0.438. The van der Waals surface area contributed by atoms with E-state index in [-0.39, 0.29) is 0 Å². The van der Waals surface area contributed by atoms with Gasteiger partial charge in [0.15, 0.2) is 6.26 Å². The Morgan fingerprint density at radius 2 is 2.44 bits per heavy atom. The van der Waals surface area contributed by atoms with Crippen LogP contribution in [0.5, 0.6) is 0 Å². The molecular weight excluding hydrogens is 136 g/mol. The van der Waals surface area contributed by atoms with Crippen LogP contribution < -0.4 is 0 Å². The summed E-state index contributed by atoms with van der Waals surface area (Å²) in [6, 6.07) is 0. The smallest absolute Gasteiger partial charge is 0.307 e. The quantitative estimate of drug-likeness (QED) is 0.527. The molecule has 0 aromatic carbocycles. The molecule has 0 N–H and O–H groups in total. The Kier molecular flexibility index (Phi) is 2.20. The van der Waals surface area contributed by atoms with Gasteiger partial charge in [0.05, 0.1) is 0 Å². The lowest BCUT2D eigenvalue weighted by atomic mass is 10.9. The second-order valence-corrected chi connectivity index (χ2v) is 2.26. The fourth-order valence-corrected chi connectivity index (χ4v) is 0.880. The Labute approximate surface area is 55.9 Å². The molecule has 4 heteroatoms. The second-order valence-electron chi connectivity index (χ2n) is 1.40. The van der Waals surface area contributed by atoms with Gasteiger partial charge in [0.25, 0.3) is 0 Å². The molecule has 0 amide bonds. The highest BCUT2D eigenvalue weighted by molar-refractivity contribution is 6.25. The van der Waals surface area contributed by atoms with E-state index in [4.69, 9.17) is 13.9 Å². The lowest BCUT2D eigenvalue weighted by molar-refractivity contribution is 0.145. The van der Waals surface area contributed by atoms with E-state index in [1.54, 1.807) is 0 Å². The van der Waals surface area contributed by atoms with Crippen LogP contribution in [0.15, 0.2) is 24.7 Å². The summed E-state index contributed by atoms with van der Waals surface area (Å²) in [7, 11) is -0.438. The molecule has 0 aromatic heterocycles. The minimum absolute atomic E-state index is 0.438. The lowest BCUT2D eigenvalue weighted by Gasteiger charge is -2.08. The third-order valence-electron chi connectivity index (χ3n) is 0.769. The van der Waals surface area contributed by atoms with E-state index in [1.807, 2.05) is 6.55 Å². The average molecular weight is 144 g/mol. The van der Waals surface area contributed by atoms with Crippen LogP contribution >= 0.6 is 0 Å². The third kappa shape index (κ3) is 1.81. The summed E-state index contributed by atoms with van der Waals surface area (Å²) in [5, 5.41) is 0. The molecule has 0 unspecified atom stereocenters. The molecule has 1 heterocycles. The number of hydrogen-bond acceptors (Lipinski definition) is 3. The molecule has 0 spiro atoms. The monoisotopic (exact) mass is 144 g/mol. The molecule has 0 atom stereocenters. The van der Waals surface area contributed by atoms with Crippen LogP contribution in [0.3, 0.4) is 0 Å². The van der Waals surface area contributed by atoms with Gasteiger partial charge in [-0.2, -0.15) is 0 Å². The molecule has 0 fully saturated rings. The number of rotatable bonds is 2. The fraction of sp³-hybridized carbons (Fsp3) is 0.200. The van der Waals surface area contributed by atoms with Crippen LogP contribution in [0.1, 0.15) is 0 Å². The maximum absolute atomic E-state index is 5.08. The van der Waals surface area contributed by atoms with Gasteiger partial charge in [-0.3, -0.25) is 0 Å². The van der Waals surface area contributed by atoms with Crippen LogP contribution in [-0.4, -0.2) is 9.76 Å². The largest absolute Gasteiger partial charge is 0.523 e. The average Bonchev–Trinajstić information content (AvgIpc) is 1.91. The first-order chi connectivity index (χ1) is 4.43. The second kappa shape index (κ2) is 3.19. The summed E-state index contributed by atoms with van der Waals surface area (Å²) in [6.07, 6.45) is 4.33. The van der Waals surface area contributed by atoms with Crippen LogP contribution in [0.2, 0.25) is 6.55 Å². The highest BCUT2D eigenvalue weighted by atomic mass is 28.2. The van der Waals surface area contributed by atoms with Crippen molar-refractivity contribution in [3.63, 3.8) is 0 Å². The van der Waals surface area contributed by atoms with Gasteiger partial charge in [0, 0.05) is 0 Å². The van der Waals surface area contributed by atoms with Crippen molar-refractivity contribution in [2.75, 3.05) is 0 Å². The van der Waals surface area contributed by atoms with E-state index >= 15 is 0 Å². The fourth-order valence-electron chi connectivity index (χ4n) is 0.460. The zero-order chi connectivity index (χ0) is 6.53. The Morgan fingerprint density at radius 1 is 1.56 bits per heavy atom. The summed E-state index contributed by atoms with van der Waals surface area (Å²) in [4.78, 5) is 0. The van der Waals surface area contributed by atoms with E-state index in [0.717, 1.165) is 0 Å². The SMILES string of the molecule is C[SiH2]OC1=COC=CO1. The van der Waals surface area contributed by atoms with Crippen molar-refractivity contribution >= 4 is 9.76 Å². The van der Waals surface area contributed by atoms with Gasteiger partial charge in [-0.05, 0) is 6.55 Å². The van der Waals surface area contributed by atoms with Crippen molar-refractivity contribution in [2.24, 2.45) is 0 Å². The molecule has 3 nitrogen and oxygen atoms in total. The molecule has 50 valence electrons. The predicted molar refractivity (Wildman–Crippen MR) is 34.9 cm³/mol. The van der Waals surface area contributed by atoms with E-state index in [1.165, 1.54) is 18.8 Å². The Bertz CT molecular complexity index is 141. The van der Waals surface area contributed by atoms with Crippen LogP contribution in [0, 0.1) is 0 Å². The molecule has 0 radical (unpaired) electrons. The highest BCUT2D eigenvalue weighted by Gasteiger charge is 1.98. The maximum atomic E-state index is 5.08. The summed E-state index contributed by atoms with van der Waals surface area (Å²) < 4.78 is 14.7. The molecular formula is C5H8O3Si. The Morgan fingerprint density at radius 3 is 3.00 bits per heavy atom. The van der Waals surface area contributed by atoms with Crippen molar-refractivity contribution in [3.05, 3.63) is 24.7 Å². The van der Waals surface area contributed by atoms with E-state index < -0.39 is 9.76 Å². The molecule has 9 heavy (non-hydrogen) atoms. The van der Waals surface area contributed by atoms with Gasteiger partial charge in [-0.25, -0.2) is 0 Å². The van der Waals surface area contributed by atoms with Gasteiger partial charge in [-0.1, -0.05) is 0 Å². The summed E-state index contributed by atoms with van der Waals surface area (Å²) in [5.74, 6) is 0.465. The molecule has 0 bridgehead atoms. The normalized spacial score (nSPS) is 16.8. The van der Waals surface area contributed by atoms with Crippen LogP contribution in [0.25, 0.3) is 0 Å². The van der Waals surface area contributed by atoms with Crippen molar-refractivity contribution in [1.29, 1.82) is 0 Å². The summed E-state index contributed by atoms with van der Waals surface area (Å²) in [6.45, 7) is 2.02. The minimum Gasteiger partial charge on any atom is -0.523 e. The van der Waals surface area contributed by atoms with Gasteiger partial charge >= 0.3 is 5.95 Å². The first-order valence-electron chi connectivity index (χ1n) is 2.73. The standard InChI is InChI=1S/C5H8O3Si/c1-9-8-5-4-6-2-3-7-5/h2-4H,9H2,1H3. The molecule has 0 saturated heterocycles. The number of hydrogen-bond donors (Lipinski definition) is 0. The van der Waals surface area contributed by atoms with Crippen molar-refractivity contribution < 1.29 is 13.9 Å². The van der Waals surface area contributed by atoms with Crippen LogP contribution in [0.4, 0.5) is 0 Å². The third-order valence-corrected chi connectivity index (χ3v) is 1.34. The maximum Gasteiger partial charge on any atom is 0.307 e. The van der Waals surface area contributed by atoms with Gasteiger partial charge in [0.1, 0.15) is 12.5 Å². The Hall–Kier alpha value is -0.903. The van der Waals surface area contributed by atoms with Crippen molar-refractivity contribution in [3.8, 4) is 0 Å². The first-order valence-corrected chi connectivity index (χ1v) is 4.72. The molecule has 0 saturated carbocycles. The van der Waals surface area contributed by atoms with Crippen LogP contribution in [-0.2, 0) is 13.9 Å². The van der Waals surface area contributed by atoms with Crippen molar-refractivity contribution in [1.82, 2.24) is 0 Å². The van der Waals surface area contributed by atoms with Gasteiger partial charge < -0.3 is 13.9 Å². The molecule has 1 rings (SSSR count). The van der Waals surface area contributed by atoms with E-state index in [0.29, 0.717) is 5.95 Å². The highest BCUT2D eigenvalue weighted by Crippen LogP contribution is 2.04. The predicted octanol–water partition coefficient (Wildman–Crippen LogP) is 0.452. The zero-order valence-electron chi connectivity index (χ0n) is 5.16. The first kappa shape index (κ1) is 6.22. The summed E-state index contributed by atoms with van der Waals surface area (Å²) >= 11 is 0. The summed E-state index contributed by atoms with van der Waals surface area (Å²) in [5.41, 5.74) is 0. The molecule has 1 aliphatic heterocycles. The molecule has 1 aliphatic rings. The lowest BCUT2D eigenvalue weighted by Crippen LogP contribution is -1.98. The topological polar surface area (TPSA) is 27.7 Å². The molecule has 0 aromatic rings. The zero-order valence-corrected chi connectivity index (χ0v) is 6.58. The van der Waals surface area contributed by atoms with E-state index in [9.17, 15) is 0 Å². The Balaban J connectivity index is 2.32. The molecule has 0 aliphatic carbocycles. The number of ether oxygens (including phenoxy) is 2. The van der Waals surface area contributed by atoms with Crippen molar-refractivity contribution in [2.45, 2.75) is 6.55 Å². The van der Waals surface area contributed by atoms with E-state index in [2.05, 4.69) is 0 Å².